The first-order chi connectivity index (χ1) is 12.7. The van der Waals surface area contributed by atoms with Crippen molar-refractivity contribution >= 4 is 11.9 Å². The van der Waals surface area contributed by atoms with E-state index in [1.807, 2.05) is 42.7 Å². The molecule has 140 valence electrons. The van der Waals surface area contributed by atoms with Crippen LogP contribution >= 0.6 is 0 Å². The van der Waals surface area contributed by atoms with E-state index in [-0.39, 0.29) is 5.91 Å². The molecule has 0 fully saturated rings. The van der Waals surface area contributed by atoms with Gasteiger partial charge in [-0.2, -0.15) is 0 Å². The molecule has 1 aromatic carbocycles. The Hall–Kier alpha value is -2.90. The summed E-state index contributed by atoms with van der Waals surface area (Å²) >= 11 is 0. The van der Waals surface area contributed by atoms with Crippen LogP contribution in [0.3, 0.4) is 0 Å². The summed E-state index contributed by atoms with van der Waals surface area (Å²) in [6.07, 6.45) is 2.50. The number of hydrogen-bond acceptors (Lipinski definition) is 4. The van der Waals surface area contributed by atoms with E-state index in [1.54, 1.807) is 13.4 Å². The number of carbonyl (C=O) groups excluding carboxylic acids is 1. The third kappa shape index (κ3) is 5.58. The Morgan fingerprint density at radius 3 is 2.85 bits per heavy atom. The molecule has 0 aliphatic carbocycles. The first-order valence-electron chi connectivity index (χ1n) is 8.87. The monoisotopic (exact) mass is 357 g/mol. The van der Waals surface area contributed by atoms with Crippen LogP contribution in [0.2, 0.25) is 0 Å². The average molecular weight is 357 g/mol. The molecule has 0 saturated heterocycles. The van der Waals surface area contributed by atoms with Crippen molar-refractivity contribution in [3.8, 4) is 0 Å². The van der Waals surface area contributed by atoms with Crippen LogP contribution in [0.1, 0.15) is 35.6 Å². The summed E-state index contributed by atoms with van der Waals surface area (Å²) in [6, 6.07) is 7.64. The van der Waals surface area contributed by atoms with Crippen LogP contribution in [0.15, 0.2) is 35.6 Å². The molecule has 1 aromatic heterocycles. The summed E-state index contributed by atoms with van der Waals surface area (Å²) in [4.78, 5) is 16.3. The average Bonchev–Trinajstić information content (AvgIpc) is 3.13. The van der Waals surface area contributed by atoms with Crippen molar-refractivity contribution in [3.63, 3.8) is 0 Å². The molecular formula is C18H27N7O. The number of rotatable bonds is 8. The van der Waals surface area contributed by atoms with Crippen LogP contribution in [-0.2, 0) is 19.5 Å². The van der Waals surface area contributed by atoms with Crippen molar-refractivity contribution in [2.75, 3.05) is 20.1 Å². The summed E-state index contributed by atoms with van der Waals surface area (Å²) in [5.74, 6) is 1.50. The summed E-state index contributed by atoms with van der Waals surface area (Å²) < 4.78 is 1.97. The Bertz CT molecular complexity index is 739. The van der Waals surface area contributed by atoms with E-state index in [9.17, 15) is 4.79 Å². The third-order valence-corrected chi connectivity index (χ3v) is 3.88. The van der Waals surface area contributed by atoms with Crippen LogP contribution in [-0.4, -0.2) is 46.8 Å². The van der Waals surface area contributed by atoms with Gasteiger partial charge in [0.2, 0.25) is 0 Å². The number of hydrogen-bond donors (Lipinski definition) is 3. The van der Waals surface area contributed by atoms with Crippen molar-refractivity contribution < 1.29 is 4.79 Å². The number of guanidine groups is 1. The second-order valence-corrected chi connectivity index (χ2v) is 5.68. The summed E-state index contributed by atoms with van der Waals surface area (Å²) in [6.45, 7) is 6.85. The smallest absolute Gasteiger partial charge is 0.251 e. The second kappa shape index (κ2) is 10.2. The molecule has 2 rings (SSSR count). The molecule has 1 amide bonds. The SMILES string of the molecule is CCNC(=NCc1nncn1CC)NCCc1cccc(C(=O)NC)c1. The molecular weight excluding hydrogens is 330 g/mol. The molecule has 1 heterocycles. The van der Waals surface area contributed by atoms with Gasteiger partial charge >= 0.3 is 0 Å². The van der Waals surface area contributed by atoms with E-state index in [1.165, 1.54) is 0 Å². The fraction of sp³-hybridized carbons (Fsp3) is 0.444. The lowest BCUT2D eigenvalue weighted by molar-refractivity contribution is 0.0963. The highest BCUT2D eigenvalue weighted by molar-refractivity contribution is 5.94. The summed E-state index contributed by atoms with van der Waals surface area (Å²) in [5.41, 5.74) is 1.77. The predicted octanol–water partition coefficient (Wildman–Crippen LogP) is 0.955. The molecule has 2 aromatic rings. The van der Waals surface area contributed by atoms with Gasteiger partial charge in [-0.3, -0.25) is 4.79 Å². The quantitative estimate of drug-likeness (QED) is 0.483. The van der Waals surface area contributed by atoms with Crippen molar-refractivity contribution in [1.29, 1.82) is 0 Å². The molecule has 0 radical (unpaired) electrons. The molecule has 3 N–H and O–H groups in total. The van der Waals surface area contributed by atoms with Gasteiger partial charge in [0.25, 0.3) is 5.91 Å². The zero-order valence-electron chi connectivity index (χ0n) is 15.6. The lowest BCUT2D eigenvalue weighted by Crippen LogP contribution is -2.38. The van der Waals surface area contributed by atoms with Gasteiger partial charge in [-0.15, -0.1) is 10.2 Å². The van der Waals surface area contributed by atoms with Gasteiger partial charge in [-0.1, -0.05) is 12.1 Å². The van der Waals surface area contributed by atoms with Gasteiger partial charge in [-0.25, -0.2) is 4.99 Å². The van der Waals surface area contributed by atoms with Gasteiger partial charge in [-0.05, 0) is 38.0 Å². The number of carbonyl (C=O) groups is 1. The maximum Gasteiger partial charge on any atom is 0.251 e. The number of aryl methyl sites for hydroxylation is 1. The van der Waals surface area contributed by atoms with Crippen molar-refractivity contribution in [2.24, 2.45) is 4.99 Å². The van der Waals surface area contributed by atoms with Crippen LogP contribution in [0, 0.1) is 0 Å². The third-order valence-electron chi connectivity index (χ3n) is 3.88. The van der Waals surface area contributed by atoms with Gasteiger partial charge in [0.15, 0.2) is 11.8 Å². The lowest BCUT2D eigenvalue weighted by atomic mass is 10.1. The highest BCUT2D eigenvalue weighted by Crippen LogP contribution is 2.05. The minimum atomic E-state index is -0.0743. The zero-order valence-corrected chi connectivity index (χ0v) is 15.6. The van der Waals surface area contributed by atoms with Gasteiger partial charge in [0, 0.05) is 32.2 Å². The number of nitrogens with one attached hydrogen (secondary N) is 3. The standard InChI is InChI=1S/C18H27N7O/c1-4-20-18(22-12-16-24-23-13-25(16)5-2)21-10-9-14-7-6-8-15(11-14)17(26)19-3/h6-8,11,13H,4-5,9-10,12H2,1-3H3,(H,19,26)(H2,20,21,22). The molecule has 8 nitrogen and oxygen atoms in total. The second-order valence-electron chi connectivity index (χ2n) is 5.68. The zero-order chi connectivity index (χ0) is 18.8. The number of aromatic nitrogens is 3. The van der Waals surface area contributed by atoms with Crippen molar-refractivity contribution in [3.05, 3.63) is 47.5 Å². The molecule has 0 unspecified atom stereocenters. The molecule has 8 heteroatoms. The molecule has 0 atom stereocenters. The number of amides is 1. The molecule has 0 aliphatic rings. The highest BCUT2D eigenvalue weighted by atomic mass is 16.1. The first-order valence-corrected chi connectivity index (χ1v) is 8.87. The largest absolute Gasteiger partial charge is 0.357 e. The highest BCUT2D eigenvalue weighted by Gasteiger charge is 2.05. The Morgan fingerprint density at radius 2 is 2.12 bits per heavy atom. The van der Waals surface area contributed by atoms with Crippen LogP contribution < -0.4 is 16.0 Å². The topological polar surface area (TPSA) is 96.2 Å². The fourth-order valence-corrected chi connectivity index (χ4v) is 2.49. The Balaban J connectivity index is 1.92. The number of aliphatic imine (C=N–C) groups is 1. The van der Waals surface area contributed by atoms with Crippen molar-refractivity contribution in [2.45, 2.75) is 33.4 Å². The van der Waals surface area contributed by atoms with E-state index < -0.39 is 0 Å². The molecule has 26 heavy (non-hydrogen) atoms. The van der Waals surface area contributed by atoms with Crippen LogP contribution in [0.25, 0.3) is 0 Å². The van der Waals surface area contributed by atoms with Gasteiger partial charge < -0.3 is 20.5 Å². The lowest BCUT2D eigenvalue weighted by Gasteiger charge is -2.11. The van der Waals surface area contributed by atoms with Gasteiger partial charge in [0.05, 0.1) is 0 Å². The first kappa shape index (κ1) is 19.4. The Labute approximate surface area is 154 Å². The maximum absolute atomic E-state index is 11.7. The van der Waals surface area contributed by atoms with E-state index in [2.05, 4.69) is 31.1 Å². The van der Waals surface area contributed by atoms with E-state index in [0.717, 1.165) is 36.9 Å². The molecule has 0 saturated carbocycles. The molecule has 0 aliphatic heterocycles. The summed E-state index contributed by atoms with van der Waals surface area (Å²) in [5, 5.41) is 17.2. The van der Waals surface area contributed by atoms with E-state index >= 15 is 0 Å². The normalized spacial score (nSPS) is 11.3. The molecule has 0 spiro atoms. The number of nitrogens with zero attached hydrogens (tertiary/aromatic N) is 4. The van der Waals surface area contributed by atoms with Crippen LogP contribution in [0.4, 0.5) is 0 Å². The van der Waals surface area contributed by atoms with E-state index in [4.69, 9.17) is 0 Å². The molecule has 0 bridgehead atoms. The Kier molecular flexibility index (Phi) is 7.60. The summed E-state index contributed by atoms with van der Waals surface area (Å²) in [7, 11) is 1.63. The van der Waals surface area contributed by atoms with Crippen LogP contribution in [0.5, 0.6) is 0 Å². The minimum absolute atomic E-state index is 0.0743. The fourth-order valence-electron chi connectivity index (χ4n) is 2.49. The Morgan fingerprint density at radius 1 is 1.27 bits per heavy atom. The number of benzene rings is 1. The van der Waals surface area contributed by atoms with Gasteiger partial charge in [0.1, 0.15) is 12.9 Å². The maximum atomic E-state index is 11.7. The van der Waals surface area contributed by atoms with Crippen molar-refractivity contribution in [1.82, 2.24) is 30.7 Å². The minimum Gasteiger partial charge on any atom is -0.357 e. The predicted molar refractivity (Wildman–Crippen MR) is 102 cm³/mol. The van der Waals surface area contributed by atoms with E-state index in [0.29, 0.717) is 18.7 Å².